The van der Waals surface area contributed by atoms with E-state index in [9.17, 15) is 13.2 Å². The van der Waals surface area contributed by atoms with E-state index in [1.807, 2.05) is 20.8 Å². The minimum absolute atomic E-state index is 0.00690. The van der Waals surface area contributed by atoms with E-state index in [0.29, 0.717) is 16.9 Å². The minimum atomic E-state index is -3.31. The molecule has 9 nitrogen and oxygen atoms in total. The van der Waals surface area contributed by atoms with Crippen LogP contribution in [0, 0.1) is 5.92 Å². The molecule has 0 aliphatic carbocycles. The molecule has 1 N–H and O–H groups in total. The van der Waals surface area contributed by atoms with Gasteiger partial charge in [-0.25, -0.2) is 18.4 Å². The number of rotatable bonds is 7. The van der Waals surface area contributed by atoms with Crippen molar-refractivity contribution in [3.63, 3.8) is 0 Å². The predicted octanol–water partition coefficient (Wildman–Crippen LogP) is 2.86. The summed E-state index contributed by atoms with van der Waals surface area (Å²) in [6, 6.07) is 2.96. The van der Waals surface area contributed by atoms with Gasteiger partial charge in [-0.15, -0.1) is 0 Å². The van der Waals surface area contributed by atoms with E-state index >= 15 is 0 Å². The second-order valence-electron chi connectivity index (χ2n) is 7.21. The summed E-state index contributed by atoms with van der Waals surface area (Å²) in [6.45, 7) is 7.73. The average molecular weight is 451 g/mol. The van der Waals surface area contributed by atoms with Crippen molar-refractivity contribution in [1.82, 2.24) is 24.5 Å². The first-order valence-corrected chi connectivity index (χ1v) is 11.5. The van der Waals surface area contributed by atoms with Crippen molar-refractivity contribution in [1.29, 1.82) is 0 Å². The summed E-state index contributed by atoms with van der Waals surface area (Å²) >= 11 is 5.93. The summed E-state index contributed by atoms with van der Waals surface area (Å²) in [6.07, 6.45) is 2.79. The van der Waals surface area contributed by atoms with E-state index in [1.54, 1.807) is 17.6 Å². The Morgan fingerprint density at radius 1 is 1.13 bits per heavy atom. The largest absolute Gasteiger partial charge is 0.360 e. The van der Waals surface area contributed by atoms with Gasteiger partial charge >= 0.3 is 0 Å². The normalized spacial score (nSPS) is 13.0. The number of anilines is 1. The van der Waals surface area contributed by atoms with E-state index in [0.717, 1.165) is 0 Å². The number of nitrogens with one attached hydrogen (secondary N) is 1. The smallest absolute Gasteiger partial charge is 0.295 e. The molecule has 3 aromatic rings. The highest BCUT2D eigenvalue weighted by atomic mass is 35.5. The highest BCUT2D eigenvalue weighted by Crippen LogP contribution is 2.21. The van der Waals surface area contributed by atoms with Crippen LogP contribution in [0.2, 0.25) is 5.28 Å². The zero-order chi connectivity index (χ0) is 22.1. The van der Waals surface area contributed by atoms with Gasteiger partial charge in [0.1, 0.15) is 5.52 Å². The van der Waals surface area contributed by atoms with Crippen LogP contribution in [0.5, 0.6) is 0 Å². The number of fused-ring (bicyclic) bond motifs is 1. The lowest BCUT2D eigenvalue weighted by Crippen LogP contribution is -2.30. The standard InChI is InChI=1S/C19H23ClN6O3S/c1-5-30(28,29)14-7-6-13(21-9-14)8-22-16-18(27)26(12(4)11(2)3)17-15(24-16)10-23-19(20)25-17/h6-7,9-12H,5,8H2,1-4H3,(H,22,24). The van der Waals surface area contributed by atoms with Crippen LogP contribution in [0.3, 0.4) is 0 Å². The van der Waals surface area contributed by atoms with Crippen LogP contribution >= 0.6 is 11.6 Å². The Morgan fingerprint density at radius 3 is 2.47 bits per heavy atom. The molecule has 3 aromatic heterocycles. The molecule has 11 heteroatoms. The SMILES string of the molecule is CCS(=O)(=O)c1ccc(CNc2nc3cnc(Cl)nc3n(C(C)C(C)C)c2=O)nc1. The van der Waals surface area contributed by atoms with Gasteiger partial charge in [-0.3, -0.25) is 14.3 Å². The van der Waals surface area contributed by atoms with Crippen molar-refractivity contribution in [3.8, 4) is 0 Å². The topological polar surface area (TPSA) is 120 Å². The molecule has 0 bridgehead atoms. The van der Waals surface area contributed by atoms with Gasteiger partial charge in [-0.1, -0.05) is 20.8 Å². The fourth-order valence-electron chi connectivity index (χ4n) is 2.81. The van der Waals surface area contributed by atoms with Gasteiger partial charge in [0.2, 0.25) is 5.28 Å². The Bertz CT molecular complexity index is 1230. The molecular weight excluding hydrogens is 428 g/mol. The highest BCUT2D eigenvalue weighted by molar-refractivity contribution is 7.91. The van der Waals surface area contributed by atoms with Crippen LogP contribution < -0.4 is 10.9 Å². The maximum atomic E-state index is 13.1. The monoisotopic (exact) mass is 450 g/mol. The van der Waals surface area contributed by atoms with Gasteiger partial charge < -0.3 is 5.32 Å². The number of halogens is 1. The first kappa shape index (κ1) is 22.1. The number of hydrogen-bond acceptors (Lipinski definition) is 8. The van der Waals surface area contributed by atoms with E-state index in [1.165, 1.54) is 18.5 Å². The van der Waals surface area contributed by atoms with Crippen molar-refractivity contribution < 1.29 is 8.42 Å². The molecule has 1 atom stereocenters. The third kappa shape index (κ3) is 4.44. The summed E-state index contributed by atoms with van der Waals surface area (Å²) < 4.78 is 25.4. The zero-order valence-corrected chi connectivity index (χ0v) is 18.7. The molecule has 160 valence electrons. The first-order chi connectivity index (χ1) is 14.1. The van der Waals surface area contributed by atoms with Crippen LogP contribution in [0.1, 0.15) is 39.4 Å². The van der Waals surface area contributed by atoms with Gasteiger partial charge in [0.15, 0.2) is 21.3 Å². The number of pyridine rings is 1. The highest BCUT2D eigenvalue weighted by Gasteiger charge is 2.20. The van der Waals surface area contributed by atoms with Gasteiger partial charge in [0.25, 0.3) is 5.56 Å². The molecule has 0 spiro atoms. The lowest BCUT2D eigenvalue weighted by Gasteiger charge is -2.21. The fourth-order valence-corrected chi connectivity index (χ4v) is 3.76. The number of sulfone groups is 1. The van der Waals surface area contributed by atoms with Crippen molar-refractivity contribution in [3.05, 3.63) is 45.9 Å². The minimum Gasteiger partial charge on any atom is -0.360 e. The molecule has 0 aliphatic rings. The van der Waals surface area contributed by atoms with Crippen molar-refractivity contribution in [2.75, 3.05) is 11.1 Å². The Hall–Kier alpha value is -2.59. The van der Waals surface area contributed by atoms with E-state index in [-0.39, 0.29) is 45.8 Å². The van der Waals surface area contributed by atoms with Crippen LogP contribution in [0.25, 0.3) is 11.2 Å². The molecule has 3 heterocycles. The molecule has 0 amide bonds. The van der Waals surface area contributed by atoms with Gasteiger partial charge in [0.05, 0.1) is 29.1 Å². The quantitative estimate of drug-likeness (QED) is 0.545. The lowest BCUT2D eigenvalue weighted by molar-refractivity contribution is 0.406. The lowest BCUT2D eigenvalue weighted by atomic mass is 10.1. The number of nitrogens with zero attached hydrogens (tertiary/aromatic N) is 5. The third-order valence-corrected chi connectivity index (χ3v) is 6.85. The predicted molar refractivity (Wildman–Crippen MR) is 115 cm³/mol. The second kappa shape index (κ2) is 8.65. The van der Waals surface area contributed by atoms with Crippen LogP contribution in [0.4, 0.5) is 5.82 Å². The summed E-state index contributed by atoms with van der Waals surface area (Å²) in [5.41, 5.74) is 1.05. The van der Waals surface area contributed by atoms with Crippen molar-refractivity contribution in [2.45, 2.75) is 45.2 Å². The summed E-state index contributed by atoms with van der Waals surface area (Å²) in [5, 5.41) is 3.04. The molecule has 30 heavy (non-hydrogen) atoms. The number of aromatic nitrogens is 5. The molecular formula is C19H23ClN6O3S. The Balaban J connectivity index is 1.96. The fraction of sp³-hybridized carbons (Fsp3) is 0.421. The Labute approximate surface area is 179 Å². The molecule has 0 saturated heterocycles. The number of hydrogen-bond donors (Lipinski definition) is 1. The summed E-state index contributed by atoms with van der Waals surface area (Å²) in [4.78, 5) is 30.0. The maximum absolute atomic E-state index is 13.1. The van der Waals surface area contributed by atoms with E-state index in [4.69, 9.17) is 11.6 Å². The molecule has 0 aliphatic heterocycles. The van der Waals surface area contributed by atoms with Crippen LogP contribution in [-0.4, -0.2) is 38.7 Å². The van der Waals surface area contributed by atoms with Crippen LogP contribution in [0.15, 0.2) is 34.2 Å². The molecule has 0 aromatic carbocycles. The maximum Gasteiger partial charge on any atom is 0.295 e. The van der Waals surface area contributed by atoms with E-state index < -0.39 is 9.84 Å². The van der Waals surface area contributed by atoms with Crippen LogP contribution in [-0.2, 0) is 16.4 Å². The van der Waals surface area contributed by atoms with Gasteiger partial charge in [-0.2, -0.15) is 4.98 Å². The third-order valence-electron chi connectivity index (χ3n) is 4.95. The van der Waals surface area contributed by atoms with Crippen molar-refractivity contribution >= 4 is 38.4 Å². The van der Waals surface area contributed by atoms with Gasteiger partial charge in [0, 0.05) is 12.2 Å². The zero-order valence-electron chi connectivity index (χ0n) is 17.1. The van der Waals surface area contributed by atoms with Gasteiger partial charge in [-0.05, 0) is 36.6 Å². The average Bonchev–Trinajstić information content (AvgIpc) is 2.72. The summed E-state index contributed by atoms with van der Waals surface area (Å²) in [7, 11) is -3.31. The van der Waals surface area contributed by atoms with Crippen molar-refractivity contribution in [2.24, 2.45) is 5.92 Å². The second-order valence-corrected chi connectivity index (χ2v) is 9.83. The van der Waals surface area contributed by atoms with E-state index in [2.05, 4.69) is 25.3 Å². The molecule has 0 saturated carbocycles. The molecule has 0 radical (unpaired) electrons. The molecule has 1 unspecified atom stereocenters. The Morgan fingerprint density at radius 2 is 1.87 bits per heavy atom. The Kier molecular flexibility index (Phi) is 6.37. The first-order valence-electron chi connectivity index (χ1n) is 9.50. The molecule has 3 rings (SSSR count). The molecule has 0 fully saturated rings. The summed E-state index contributed by atoms with van der Waals surface area (Å²) in [5.74, 6) is 0.310.